The summed E-state index contributed by atoms with van der Waals surface area (Å²) in [7, 11) is 1.64. The maximum atomic E-state index is 12.6. The third kappa shape index (κ3) is 4.06. The van der Waals surface area contributed by atoms with Crippen molar-refractivity contribution >= 4 is 44.3 Å². The van der Waals surface area contributed by atoms with Gasteiger partial charge in [0.25, 0.3) is 5.56 Å². The molecule has 0 spiro atoms. The lowest BCUT2D eigenvalue weighted by atomic mass is 10.2. The van der Waals surface area contributed by atoms with E-state index in [1.54, 1.807) is 43.4 Å². The standard InChI is InChI=1S/C19H17BrN4O3/c1-23(14-5-2-12(3-6-14)18(21)26)17(25)8-9-24-11-22-16-7-4-13(20)10-15(16)19(24)27/h2-7,10-11H,8-9H2,1H3,(H2,21,26). The zero-order valence-electron chi connectivity index (χ0n) is 14.6. The summed E-state index contributed by atoms with van der Waals surface area (Å²) in [6.45, 7) is 0.219. The Labute approximate surface area is 163 Å². The van der Waals surface area contributed by atoms with Gasteiger partial charge in [-0.3, -0.25) is 19.0 Å². The number of primary amides is 1. The van der Waals surface area contributed by atoms with Gasteiger partial charge in [-0.05, 0) is 42.5 Å². The van der Waals surface area contributed by atoms with Gasteiger partial charge in [0.15, 0.2) is 0 Å². The predicted octanol–water partition coefficient (Wildman–Crippen LogP) is 2.31. The molecular weight excluding hydrogens is 412 g/mol. The SMILES string of the molecule is CN(C(=O)CCn1cnc2ccc(Br)cc2c1=O)c1ccc(C(N)=O)cc1. The van der Waals surface area contributed by atoms with Gasteiger partial charge >= 0.3 is 0 Å². The molecule has 2 amide bonds. The molecule has 138 valence electrons. The summed E-state index contributed by atoms with van der Waals surface area (Å²) in [6.07, 6.45) is 1.59. The molecule has 1 heterocycles. The minimum atomic E-state index is -0.523. The van der Waals surface area contributed by atoms with Gasteiger partial charge in [-0.2, -0.15) is 0 Å². The Hall–Kier alpha value is -3.00. The first-order chi connectivity index (χ1) is 12.9. The van der Waals surface area contributed by atoms with Crippen LogP contribution in [0.4, 0.5) is 5.69 Å². The van der Waals surface area contributed by atoms with Gasteiger partial charge in [-0.25, -0.2) is 4.98 Å². The van der Waals surface area contributed by atoms with E-state index in [-0.39, 0.29) is 24.4 Å². The molecule has 7 nitrogen and oxygen atoms in total. The lowest BCUT2D eigenvalue weighted by Gasteiger charge is -2.18. The number of hydrogen-bond donors (Lipinski definition) is 1. The second-order valence-corrected chi connectivity index (χ2v) is 6.93. The number of halogens is 1. The molecule has 27 heavy (non-hydrogen) atoms. The molecular formula is C19H17BrN4O3. The predicted molar refractivity (Wildman–Crippen MR) is 107 cm³/mol. The quantitative estimate of drug-likeness (QED) is 0.673. The Kier molecular flexibility index (Phi) is 5.36. The van der Waals surface area contributed by atoms with E-state index < -0.39 is 5.91 Å². The molecule has 3 rings (SSSR count). The fourth-order valence-electron chi connectivity index (χ4n) is 2.67. The van der Waals surface area contributed by atoms with Crippen molar-refractivity contribution in [2.75, 3.05) is 11.9 Å². The van der Waals surface area contributed by atoms with Gasteiger partial charge in [-0.1, -0.05) is 15.9 Å². The smallest absolute Gasteiger partial charge is 0.261 e. The van der Waals surface area contributed by atoms with Crippen molar-refractivity contribution in [3.8, 4) is 0 Å². The van der Waals surface area contributed by atoms with Crippen molar-refractivity contribution in [1.82, 2.24) is 9.55 Å². The third-order valence-corrected chi connectivity index (χ3v) is 4.76. The number of nitrogens with two attached hydrogens (primary N) is 1. The van der Waals surface area contributed by atoms with Crippen LogP contribution in [0.5, 0.6) is 0 Å². The minimum absolute atomic E-state index is 0.134. The van der Waals surface area contributed by atoms with Crippen LogP contribution in [0.2, 0.25) is 0 Å². The molecule has 0 unspecified atom stereocenters. The van der Waals surface area contributed by atoms with Gasteiger partial charge < -0.3 is 10.6 Å². The lowest BCUT2D eigenvalue weighted by molar-refractivity contribution is -0.118. The summed E-state index contributed by atoms with van der Waals surface area (Å²) in [5, 5.41) is 0.495. The summed E-state index contributed by atoms with van der Waals surface area (Å²) >= 11 is 3.35. The monoisotopic (exact) mass is 428 g/mol. The molecule has 0 atom stereocenters. The van der Waals surface area contributed by atoms with E-state index in [2.05, 4.69) is 20.9 Å². The Morgan fingerprint density at radius 1 is 1.19 bits per heavy atom. The van der Waals surface area contributed by atoms with Crippen LogP contribution in [0.1, 0.15) is 16.8 Å². The number of carbonyl (C=O) groups excluding carboxylic acids is 2. The normalized spacial score (nSPS) is 10.7. The second-order valence-electron chi connectivity index (χ2n) is 6.02. The fraction of sp³-hybridized carbons (Fsp3) is 0.158. The number of aryl methyl sites for hydroxylation is 1. The number of amides is 2. The Morgan fingerprint density at radius 2 is 1.89 bits per heavy atom. The molecule has 3 aromatic rings. The Morgan fingerprint density at radius 3 is 2.56 bits per heavy atom. The van der Waals surface area contributed by atoms with Crippen LogP contribution in [0, 0.1) is 0 Å². The minimum Gasteiger partial charge on any atom is -0.366 e. The van der Waals surface area contributed by atoms with Gasteiger partial charge in [-0.15, -0.1) is 0 Å². The number of aromatic nitrogens is 2. The van der Waals surface area contributed by atoms with Crippen LogP contribution in [-0.2, 0) is 11.3 Å². The summed E-state index contributed by atoms with van der Waals surface area (Å²) in [6, 6.07) is 11.7. The van der Waals surface area contributed by atoms with Crippen molar-refractivity contribution in [2.45, 2.75) is 13.0 Å². The lowest BCUT2D eigenvalue weighted by Crippen LogP contribution is -2.29. The zero-order chi connectivity index (χ0) is 19.6. The molecule has 0 aliphatic rings. The van der Waals surface area contributed by atoms with Crippen LogP contribution in [0.15, 0.2) is 58.1 Å². The Balaban J connectivity index is 1.73. The van der Waals surface area contributed by atoms with Crippen molar-refractivity contribution in [3.63, 3.8) is 0 Å². The maximum Gasteiger partial charge on any atom is 0.261 e. The first-order valence-electron chi connectivity index (χ1n) is 8.18. The van der Waals surface area contributed by atoms with E-state index in [0.717, 1.165) is 4.47 Å². The van der Waals surface area contributed by atoms with Crippen LogP contribution >= 0.6 is 15.9 Å². The van der Waals surface area contributed by atoms with Crippen LogP contribution in [0.3, 0.4) is 0 Å². The van der Waals surface area contributed by atoms with Crippen LogP contribution in [0.25, 0.3) is 10.9 Å². The van der Waals surface area contributed by atoms with E-state index in [4.69, 9.17) is 5.73 Å². The van der Waals surface area contributed by atoms with E-state index in [1.807, 2.05) is 6.07 Å². The molecule has 0 saturated carbocycles. The summed E-state index contributed by atoms with van der Waals surface area (Å²) in [5.41, 5.74) is 6.64. The molecule has 0 fully saturated rings. The highest BCUT2D eigenvalue weighted by Gasteiger charge is 2.13. The zero-order valence-corrected chi connectivity index (χ0v) is 16.1. The molecule has 0 aliphatic heterocycles. The highest BCUT2D eigenvalue weighted by Crippen LogP contribution is 2.16. The summed E-state index contributed by atoms with van der Waals surface area (Å²) in [4.78, 5) is 41.9. The highest BCUT2D eigenvalue weighted by atomic mass is 79.9. The average molecular weight is 429 g/mol. The number of benzene rings is 2. The maximum absolute atomic E-state index is 12.6. The number of anilines is 1. The van der Waals surface area contributed by atoms with E-state index >= 15 is 0 Å². The summed E-state index contributed by atoms with van der Waals surface area (Å²) in [5.74, 6) is -0.687. The molecule has 2 N–H and O–H groups in total. The molecule has 1 aromatic heterocycles. The largest absolute Gasteiger partial charge is 0.366 e. The number of hydrogen-bond acceptors (Lipinski definition) is 4. The third-order valence-electron chi connectivity index (χ3n) is 4.27. The van der Waals surface area contributed by atoms with Crippen molar-refractivity contribution in [3.05, 3.63) is 69.2 Å². The van der Waals surface area contributed by atoms with E-state index in [0.29, 0.717) is 22.2 Å². The van der Waals surface area contributed by atoms with Crippen molar-refractivity contribution in [1.29, 1.82) is 0 Å². The molecule has 2 aromatic carbocycles. The topological polar surface area (TPSA) is 98.3 Å². The molecule has 0 saturated heterocycles. The van der Waals surface area contributed by atoms with Gasteiger partial charge in [0.1, 0.15) is 0 Å². The molecule has 0 radical (unpaired) electrons. The molecule has 8 heteroatoms. The number of fused-ring (bicyclic) bond motifs is 1. The highest BCUT2D eigenvalue weighted by molar-refractivity contribution is 9.10. The first-order valence-corrected chi connectivity index (χ1v) is 8.97. The van der Waals surface area contributed by atoms with E-state index in [9.17, 15) is 14.4 Å². The average Bonchev–Trinajstić information content (AvgIpc) is 2.67. The Bertz CT molecular complexity index is 1080. The molecule has 0 bridgehead atoms. The van der Waals surface area contributed by atoms with Crippen LogP contribution in [-0.4, -0.2) is 28.4 Å². The number of carbonyl (C=O) groups is 2. The van der Waals surface area contributed by atoms with Gasteiger partial charge in [0.2, 0.25) is 11.8 Å². The van der Waals surface area contributed by atoms with Crippen molar-refractivity contribution in [2.24, 2.45) is 5.73 Å². The number of nitrogens with zero attached hydrogens (tertiary/aromatic N) is 3. The van der Waals surface area contributed by atoms with Crippen LogP contribution < -0.4 is 16.2 Å². The summed E-state index contributed by atoms with van der Waals surface area (Å²) < 4.78 is 2.22. The number of rotatable bonds is 5. The van der Waals surface area contributed by atoms with Gasteiger partial charge in [0, 0.05) is 35.7 Å². The van der Waals surface area contributed by atoms with E-state index in [1.165, 1.54) is 15.8 Å². The van der Waals surface area contributed by atoms with Gasteiger partial charge in [0.05, 0.1) is 17.2 Å². The van der Waals surface area contributed by atoms with Crippen molar-refractivity contribution < 1.29 is 9.59 Å². The second kappa shape index (κ2) is 7.71. The fourth-order valence-corrected chi connectivity index (χ4v) is 3.03. The first kappa shape index (κ1) is 18.8. The molecule has 0 aliphatic carbocycles.